The number of aliphatic hydroxyl groups excluding tert-OH is 1. The van der Waals surface area contributed by atoms with Crippen molar-refractivity contribution in [2.45, 2.75) is 38.5 Å². The molecular weight excluding hydrogens is 252 g/mol. The molecule has 0 atom stereocenters. The molecule has 0 aliphatic heterocycles. The molecule has 3 heteroatoms. The fraction of sp³-hybridized carbons (Fsp3) is 0.471. The Morgan fingerprint density at radius 2 is 1.95 bits per heavy atom. The largest absolute Gasteiger partial charge is 0.464 e. The predicted octanol–water partition coefficient (Wildman–Crippen LogP) is 3.28. The summed E-state index contributed by atoms with van der Waals surface area (Å²) in [5.41, 5.74) is 1.74. The van der Waals surface area contributed by atoms with E-state index in [0.29, 0.717) is 11.0 Å². The van der Waals surface area contributed by atoms with Crippen LogP contribution in [0.25, 0.3) is 11.0 Å². The van der Waals surface area contributed by atoms with E-state index in [4.69, 9.17) is 4.42 Å². The van der Waals surface area contributed by atoms with Crippen LogP contribution in [0.3, 0.4) is 0 Å². The topological polar surface area (TPSA) is 50.4 Å². The lowest BCUT2D eigenvalue weighted by molar-refractivity contribution is 0.0824. The number of fused-ring (bicyclic) bond motifs is 1. The second kappa shape index (κ2) is 5.41. The van der Waals surface area contributed by atoms with Crippen molar-refractivity contribution in [2.24, 2.45) is 5.41 Å². The Kier molecular flexibility index (Phi) is 3.62. The Balaban J connectivity index is 1.94. The highest BCUT2D eigenvalue weighted by atomic mass is 16.3. The maximum Gasteiger partial charge on any atom is 0.192 e. The number of hydrogen-bond acceptors (Lipinski definition) is 3. The normalized spacial score (nSPS) is 18.2. The third-order valence-electron chi connectivity index (χ3n) is 4.55. The van der Waals surface area contributed by atoms with Gasteiger partial charge in [0.15, 0.2) is 5.43 Å². The van der Waals surface area contributed by atoms with Crippen LogP contribution in [0, 0.1) is 5.41 Å². The molecule has 106 valence electrons. The Labute approximate surface area is 118 Å². The monoisotopic (exact) mass is 272 g/mol. The molecule has 0 radical (unpaired) electrons. The number of benzene rings is 1. The van der Waals surface area contributed by atoms with Gasteiger partial charge in [0.25, 0.3) is 0 Å². The summed E-state index contributed by atoms with van der Waals surface area (Å²) >= 11 is 0. The van der Waals surface area contributed by atoms with Crippen LogP contribution in [0.4, 0.5) is 0 Å². The average molecular weight is 272 g/mol. The summed E-state index contributed by atoms with van der Waals surface area (Å²) < 4.78 is 5.34. The summed E-state index contributed by atoms with van der Waals surface area (Å²) in [4.78, 5) is 11.9. The first-order valence-electron chi connectivity index (χ1n) is 7.34. The van der Waals surface area contributed by atoms with Gasteiger partial charge >= 0.3 is 0 Å². The first-order valence-corrected chi connectivity index (χ1v) is 7.34. The van der Waals surface area contributed by atoms with Gasteiger partial charge in [-0.1, -0.05) is 25.3 Å². The van der Waals surface area contributed by atoms with E-state index in [1.807, 2.05) is 18.2 Å². The van der Waals surface area contributed by atoms with Gasteiger partial charge in [-0.3, -0.25) is 4.79 Å². The molecule has 1 N–H and O–H groups in total. The summed E-state index contributed by atoms with van der Waals surface area (Å²) in [7, 11) is 0. The molecule has 3 rings (SSSR count). The summed E-state index contributed by atoms with van der Waals surface area (Å²) in [5, 5.41) is 10.4. The first kappa shape index (κ1) is 13.4. The van der Waals surface area contributed by atoms with Gasteiger partial charge in [0.1, 0.15) is 5.58 Å². The molecular formula is C17H20O3. The number of hydrogen-bond donors (Lipinski definition) is 1. The highest BCUT2D eigenvalue weighted by Gasteiger charge is 2.31. The fourth-order valence-electron chi connectivity index (χ4n) is 3.37. The molecule has 1 saturated carbocycles. The Morgan fingerprint density at radius 3 is 2.70 bits per heavy atom. The van der Waals surface area contributed by atoms with Crippen LogP contribution in [0.5, 0.6) is 0 Å². The van der Waals surface area contributed by atoms with E-state index in [1.165, 1.54) is 31.6 Å². The molecule has 1 aliphatic carbocycles. The molecule has 0 spiro atoms. The molecule has 0 saturated heterocycles. The number of aliphatic hydroxyl groups is 1. The van der Waals surface area contributed by atoms with Gasteiger partial charge in [0.05, 0.1) is 11.6 Å². The molecule has 0 unspecified atom stereocenters. The van der Waals surface area contributed by atoms with Crippen molar-refractivity contribution >= 4 is 11.0 Å². The van der Waals surface area contributed by atoms with Crippen molar-refractivity contribution in [3.63, 3.8) is 0 Å². The van der Waals surface area contributed by atoms with E-state index in [0.717, 1.165) is 24.8 Å². The molecule has 0 bridgehead atoms. The maximum absolute atomic E-state index is 11.9. The zero-order chi connectivity index (χ0) is 14.0. The molecule has 20 heavy (non-hydrogen) atoms. The Hall–Kier alpha value is -1.61. The van der Waals surface area contributed by atoms with E-state index >= 15 is 0 Å². The van der Waals surface area contributed by atoms with E-state index in [1.54, 1.807) is 0 Å². The molecule has 1 heterocycles. The lowest BCUT2D eigenvalue weighted by Gasteiger charge is -2.35. The van der Waals surface area contributed by atoms with Gasteiger partial charge in [0.2, 0.25) is 0 Å². The Bertz CT molecular complexity index is 651. The minimum atomic E-state index is -0.00482. The third-order valence-corrected chi connectivity index (χ3v) is 4.55. The molecule has 3 nitrogen and oxygen atoms in total. The van der Waals surface area contributed by atoms with E-state index in [-0.39, 0.29) is 17.5 Å². The van der Waals surface area contributed by atoms with Gasteiger partial charge in [-0.2, -0.15) is 0 Å². The fourth-order valence-corrected chi connectivity index (χ4v) is 3.37. The van der Waals surface area contributed by atoms with Crippen LogP contribution < -0.4 is 5.43 Å². The van der Waals surface area contributed by atoms with Gasteiger partial charge in [-0.25, -0.2) is 0 Å². The van der Waals surface area contributed by atoms with Crippen molar-refractivity contribution in [1.29, 1.82) is 0 Å². The van der Waals surface area contributed by atoms with E-state index < -0.39 is 0 Å². The van der Waals surface area contributed by atoms with Crippen LogP contribution in [0.1, 0.15) is 37.7 Å². The highest BCUT2D eigenvalue weighted by molar-refractivity contribution is 5.76. The maximum atomic E-state index is 11.9. The molecule has 1 aromatic heterocycles. The van der Waals surface area contributed by atoms with Crippen LogP contribution in [-0.4, -0.2) is 11.7 Å². The molecule has 1 aliphatic rings. The van der Waals surface area contributed by atoms with Gasteiger partial charge in [-0.15, -0.1) is 0 Å². The average Bonchev–Trinajstić information content (AvgIpc) is 2.49. The molecule has 1 aromatic carbocycles. The molecule has 2 aromatic rings. The van der Waals surface area contributed by atoms with Crippen molar-refractivity contribution in [3.05, 3.63) is 46.3 Å². The van der Waals surface area contributed by atoms with Crippen LogP contribution in [0.15, 0.2) is 39.7 Å². The Morgan fingerprint density at radius 1 is 1.15 bits per heavy atom. The minimum Gasteiger partial charge on any atom is -0.464 e. The van der Waals surface area contributed by atoms with Crippen molar-refractivity contribution in [1.82, 2.24) is 0 Å². The second-order valence-corrected chi connectivity index (χ2v) is 6.01. The predicted molar refractivity (Wildman–Crippen MR) is 78.8 cm³/mol. The second-order valence-electron chi connectivity index (χ2n) is 6.01. The van der Waals surface area contributed by atoms with Crippen molar-refractivity contribution < 1.29 is 9.52 Å². The lowest BCUT2D eigenvalue weighted by atomic mass is 9.71. The zero-order valence-corrected chi connectivity index (χ0v) is 11.6. The van der Waals surface area contributed by atoms with Crippen LogP contribution in [0.2, 0.25) is 0 Å². The minimum absolute atomic E-state index is 0.000890. The van der Waals surface area contributed by atoms with Gasteiger partial charge in [0, 0.05) is 12.7 Å². The quantitative estimate of drug-likeness (QED) is 0.932. The third kappa shape index (κ3) is 2.50. The van der Waals surface area contributed by atoms with Gasteiger partial charge in [-0.05, 0) is 42.4 Å². The summed E-state index contributed by atoms with van der Waals surface area (Å²) in [6, 6.07) is 7.25. The van der Waals surface area contributed by atoms with Crippen LogP contribution >= 0.6 is 0 Å². The van der Waals surface area contributed by atoms with E-state index in [9.17, 15) is 9.90 Å². The summed E-state index contributed by atoms with van der Waals surface area (Å²) in [6.45, 7) is 0.231. The van der Waals surface area contributed by atoms with E-state index in [2.05, 4.69) is 0 Å². The summed E-state index contributed by atoms with van der Waals surface area (Å²) in [6.07, 6.45) is 8.07. The summed E-state index contributed by atoms with van der Waals surface area (Å²) in [5.74, 6) is 0. The van der Waals surface area contributed by atoms with Crippen molar-refractivity contribution in [3.8, 4) is 0 Å². The van der Waals surface area contributed by atoms with Crippen molar-refractivity contribution in [2.75, 3.05) is 6.61 Å². The standard InChI is InChI=1S/C17H20O3/c18-12-17(7-2-1-3-8-17)11-13-4-5-16-14(10-13)15(19)6-9-20-16/h4-6,9-10,18H,1-3,7-8,11-12H2. The van der Waals surface area contributed by atoms with Gasteiger partial charge < -0.3 is 9.52 Å². The lowest BCUT2D eigenvalue weighted by Crippen LogP contribution is -2.30. The van der Waals surface area contributed by atoms with Crippen LogP contribution in [-0.2, 0) is 6.42 Å². The number of rotatable bonds is 3. The first-order chi connectivity index (χ1) is 9.72. The zero-order valence-electron chi connectivity index (χ0n) is 11.6. The highest BCUT2D eigenvalue weighted by Crippen LogP contribution is 2.39. The molecule has 0 amide bonds. The SMILES string of the molecule is O=c1ccoc2ccc(CC3(CO)CCCCC3)cc12. The molecule has 1 fully saturated rings. The smallest absolute Gasteiger partial charge is 0.192 e.